The average Bonchev–Trinajstić information content (AvgIpc) is 2.89. The Morgan fingerprint density at radius 1 is 1.05 bits per heavy atom. The van der Waals surface area contributed by atoms with Gasteiger partial charge in [0.15, 0.2) is 9.84 Å². The molecule has 0 saturated carbocycles. The van der Waals surface area contributed by atoms with Gasteiger partial charge in [0.2, 0.25) is 0 Å². The van der Waals surface area contributed by atoms with Crippen LogP contribution in [0.4, 0.5) is 11.4 Å². The summed E-state index contributed by atoms with van der Waals surface area (Å²) < 4.78 is 35.5. The van der Waals surface area contributed by atoms with Crippen LogP contribution in [0.3, 0.4) is 0 Å². The van der Waals surface area contributed by atoms with E-state index in [2.05, 4.69) is 16.3 Å². The maximum atomic E-state index is 12.6. The lowest BCUT2D eigenvalue weighted by Gasteiger charge is -2.31. The predicted octanol–water partition coefficient (Wildman–Crippen LogP) is 4.69. The molecule has 2 aliphatic rings. The molecule has 8 nitrogen and oxygen atoms in total. The molecule has 2 heterocycles. The number of carbonyl (C=O) groups excluding carboxylic acids is 2. The molecule has 2 aromatic carbocycles. The van der Waals surface area contributed by atoms with Crippen molar-refractivity contribution in [3.63, 3.8) is 0 Å². The van der Waals surface area contributed by atoms with Crippen LogP contribution in [0.1, 0.15) is 38.7 Å². The Morgan fingerprint density at radius 3 is 2.47 bits per heavy atom. The fourth-order valence-electron chi connectivity index (χ4n) is 4.78. The molecule has 0 radical (unpaired) electrons. The number of ether oxygens (including phenoxy) is 2. The Balaban J connectivity index is 1.29. The minimum atomic E-state index is -3.38. The quantitative estimate of drug-likeness (QED) is 0.280. The van der Waals surface area contributed by atoms with Crippen molar-refractivity contribution in [3.05, 3.63) is 42.0 Å². The van der Waals surface area contributed by atoms with E-state index in [-0.39, 0.29) is 37.0 Å². The van der Waals surface area contributed by atoms with Crippen LogP contribution in [-0.4, -0.2) is 64.4 Å². The van der Waals surface area contributed by atoms with E-state index >= 15 is 0 Å². The van der Waals surface area contributed by atoms with E-state index in [1.165, 1.54) is 6.26 Å². The van der Waals surface area contributed by atoms with Crippen LogP contribution in [0.15, 0.2) is 51.1 Å². The largest absolute Gasteiger partial charge is 0.462 e. The molecular weight excluding hydrogens is 524 g/mol. The number of likely N-dealkylation sites (tertiary alicyclic amines) is 1. The van der Waals surface area contributed by atoms with Crippen molar-refractivity contribution >= 4 is 44.9 Å². The number of benzene rings is 2. The van der Waals surface area contributed by atoms with Crippen molar-refractivity contribution in [2.75, 3.05) is 44.4 Å². The Labute approximate surface area is 229 Å². The van der Waals surface area contributed by atoms with Crippen LogP contribution < -0.4 is 5.32 Å². The van der Waals surface area contributed by atoms with Crippen LogP contribution >= 0.6 is 11.8 Å². The third-order valence-electron chi connectivity index (χ3n) is 6.86. The smallest absolute Gasteiger partial charge is 0.309 e. The number of esters is 2. The fourth-order valence-corrected chi connectivity index (χ4v) is 6.77. The molecule has 0 aliphatic carbocycles. The lowest BCUT2D eigenvalue weighted by molar-refractivity contribution is -0.157. The number of para-hydroxylation sites is 1. The monoisotopic (exact) mass is 560 g/mol. The number of sulfone groups is 1. The zero-order valence-corrected chi connectivity index (χ0v) is 23.8. The summed E-state index contributed by atoms with van der Waals surface area (Å²) in [7, 11) is -3.38. The molecule has 0 amide bonds. The number of fused-ring (bicyclic) bond motifs is 2. The van der Waals surface area contributed by atoms with E-state index in [9.17, 15) is 18.0 Å². The molecule has 10 heteroatoms. The molecule has 206 valence electrons. The van der Waals surface area contributed by atoms with Gasteiger partial charge >= 0.3 is 11.9 Å². The molecule has 1 fully saturated rings. The lowest BCUT2D eigenvalue weighted by Crippen LogP contribution is -2.37. The highest BCUT2D eigenvalue weighted by Crippen LogP contribution is 2.47. The summed E-state index contributed by atoms with van der Waals surface area (Å²) in [5.74, 6) is -0.880. The summed E-state index contributed by atoms with van der Waals surface area (Å²) in [4.78, 5) is 28.7. The van der Waals surface area contributed by atoms with Crippen molar-refractivity contribution in [2.45, 2.75) is 54.2 Å². The zero-order chi connectivity index (χ0) is 27.3. The van der Waals surface area contributed by atoms with Gasteiger partial charge in [-0.3, -0.25) is 9.59 Å². The Hall–Kier alpha value is -2.56. The highest BCUT2D eigenvalue weighted by Gasteiger charge is 2.27. The number of nitrogens with zero attached hydrogens (tertiary/aromatic N) is 1. The number of nitrogens with one attached hydrogen (secondary N) is 1. The van der Waals surface area contributed by atoms with Gasteiger partial charge < -0.3 is 19.7 Å². The van der Waals surface area contributed by atoms with Crippen LogP contribution in [0.2, 0.25) is 0 Å². The first-order valence-electron chi connectivity index (χ1n) is 13.1. The van der Waals surface area contributed by atoms with Gasteiger partial charge in [-0.25, -0.2) is 8.42 Å². The van der Waals surface area contributed by atoms with Crippen LogP contribution in [0.25, 0.3) is 0 Å². The van der Waals surface area contributed by atoms with Gasteiger partial charge in [0.25, 0.3) is 0 Å². The summed E-state index contributed by atoms with van der Waals surface area (Å²) in [6, 6.07) is 11.7. The van der Waals surface area contributed by atoms with E-state index < -0.39 is 9.84 Å². The third-order valence-corrected chi connectivity index (χ3v) is 9.18. The van der Waals surface area contributed by atoms with E-state index in [0.717, 1.165) is 65.6 Å². The van der Waals surface area contributed by atoms with Crippen molar-refractivity contribution in [1.82, 2.24) is 4.90 Å². The van der Waals surface area contributed by atoms with E-state index in [1.54, 1.807) is 31.7 Å². The first kappa shape index (κ1) is 28.4. The summed E-state index contributed by atoms with van der Waals surface area (Å²) in [5, 5.41) is 3.48. The Kier molecular flexibility index (Phi) is 9.38. The van der Waals surface area contributed by atoms with E-state index in [1.807, 2.05) is 24.3 Å². The van der Waals surface area contributed by atoms with Gasteiger partial charge in [0.1, 0.15) is 13.2 Å². The zero-order valence-electron chi connectivity index (χ0n) is 22.2. The average molecular weight is 561 g/mol. The molecule has 4 rings (SSSR count). The van der Waals surface area contributed by atoms with Crippen LogP contribution in [-0.2, 0) is 35.3 Å². The van der Waals surface area contributed by atoms with Gasteiger partial charge in [-0.15, -0.1) is 0 Å². The minimum Gasteiger partial charge on any atom is -0.462 e. The third kappa shape index (κ3) is 7.09. The van der Waals surface area contributed by atoms with Crippen LogP contribution in [0, 0.1) is 11.8 Å². The number of hydrogen-bond donors (Lipinski definition) is 1. The van der Waals surface area contributed by atoms with Crippen molar-refractivity contribution < 1.29 is 27.5 Å². The van der Waals surface area contributed by atoms with Gasteiger partial charge in [0, 0.05) is 16.0 Å². The summed E-state index contributed by atoms with van der Waals surface area (Å²) in [6.45, 7) is 6.08. The normalized spacial score (nSPS) is 15.9. The second-order valence-corrected chi connectivity index (χ2v) is 13.2. The molecule has 1 saturated heterocycles. The molecule has 0 aromatic heterocycles. The van der Waals surface area contributed by atoms with Crippen molar-refractivity contribution in [3.8, 4) is 0 Å². The predicted molar refractivity (Wildman–Crippen MR) is 148 cm³/mol. The second-order valence-electron chi connectivity index (χ2n) is 10.1. The van der Waals surface area contributed by atoms with Crippen molar-refractivity contribution in [2.24, 2.45) is 11.8 Å². The van der Waals surface area contributed by atoms with Gasteiger partial charge in [0.05, 0.1) is 28.1 Å². The Bertz CT molecular complexity index is 1270. The Morgan fingerprint density at radius 2 is 1.76 bits per heavy atom. The lowest BCUT2D eigenvalue weighted by atomic mass is 9.96. The molecule has 0 unspecified atom stereocenters. The standard InChI is InChI=1S/C28H36N2O6S2/c1-19(2)27(31)35-17-18-36-28(32)20-12-15-30(16-13-20)14-6-7-21-25(38(3,33)34)11-10-24-26(21)29-22-8-4-5-9-23(22)37-24/h4-5,8-11,19-20,29H,6-7,12-18H2,1-3H3. The van der Waals surface area contributed by atoms with Crippen molar-refractivity contribution in [1.29, 1.82) is 0 Å². The topological polar surface area (TPSA) is 102 Å². The highest BCUT2D eigenvalue weighted by molar-refractivity contribution is 7.99. The molecule has 2 aliphatic heterocycles. The molecule has 0 bridgehead atoms. The SMILES string of the molecule is CC(C)C(=O)OCCOC(=O)C1CCN(CCCc2c(S(C)(=O)=O)ccc3c2Nc2ccccc2S3)CC1. The maximum Gasteiger partial charge on any atom is 0.309 e. The summed E-state index contributed by atoms with van der Waals surface area (Å²) in [6.07, 6.45) is 4.14. The number of piperidine rings is 1. The molecule has 1 N–H and O–H groups in total. The van der Waals surface area contributed by atoms with E-state index in [4.69, 9.17) is 9.47 Å². The van der Waals surface area contributed by atoms with Gasteiger partial charge in [-0.1, -0.05) is 37.7 Å². The minimum absolute atomic E-state index is 0.0817. The second kappa shape index (κ2) is 12.5. The van der Waals surface area contributed by atoms with E-state index in [0.29, 0.717) is 11.3 Å². The molecule has 2 aromatic rings. The number of carbonyl (C=O) groups is 2. The van der Waals surface area contributed by atoms with Gasteiger partial charge in [-0.05, 0) is 75.1 Å². The number of hydrogen-bond acceptors (Lipinski definition) is 9. The molecule has 38 heavy (non-hydrogen) atoms. The summed E-state index contributed by atoms with van der Waals surface area (Å²) >= 11 is 1.65. The van der Waals surface area contributed by atoms with Crippen LogP contribution in [0.5, 0.6) is 0 Å². The van der Waals surface area contributed by atoms with Gasteiger partial charge in [-0.2, -0.15) is 0 Å². The molecule has 0 spiro atoms. The number of rotatable bonds is 10. The number of anilines is 2. The first-order valence-corrected chi connectivity index (χ1v) is 15.8. The fraction of sp³-hybridized carbons (Fsp3) is 0.500. The maximum absolute atomic E-state index is 12.6. The first-order chi connectivity index (χ1) is 18.1. The molecule has 0 atom stereocenters. The summed E-state index contributed by atoms with van der Waals surface area (Å²) in [5.41, 5.74) is 2.71. The highest BCUT2D eigenvalue weighted by atomic mass is 32.2. The molecular formula is C28H36N2O6S2.